The van der Waals surface area contributed by atoms with Crippen molar-refractivity contribution in [3.63, 3.8) is 0 Å². The third-order valence-corrected chi connectivity index (χ3v) is 4.76. The SMILES string of the molecule is Cn1nc(C2C3CCCC32)c(-c2ccccn2)c1N. The van der Waals surface area contributed by atoms with Gasteiger partial charge in [0.1, 0.15) is 5.82 Å². The molecule has 2 unspecified atom stereocenters. The fourth-order valence-electron chi connectivity index (χ4n) is 3.79. The van der Waals surface area contributed by atoms with Crippen LogP contribution < -0.4 is 5.73 Å². The van der Waals surface area contributed by atoms with E-state index in [-0.39, 0.29) is 0 Å². The molecule has 2 aromatic rings. The van der Waals surface area contributed by atoms with E-state index >= 15 is 0 Å². The van der Waals surface area contributed by atoms with Crippen molar-refractivity contribution in [3.8, 4) is 11.3 Å². The number of hydrogen-bond donors (Lipinski definition) is 1. The minimum atomic E-state index is 0.620. The van der Waals surface area contributed by atoms with Crippen molar-refractivity contribution in [1.82, 2.24) is 14.8 Å². The molecule has 2 fully saturated rings. The molecule has 4 nitrogen and oxygen atoms in total. The highest BCUT2D eigenvalue weighted by Gasteiger charge is 2.55. The van der Waals surface area contributed by atoms with E-state index in [2.05, 4.69) is 10.1 Å². The Morgan fingerprint density at radius 2 is 2.05 bits per heavy atom. The maximum Gasteiger partial charge on any atom is 0.131 e. The van der Waals surface area contributed by atoms with Crippen LogP contribution in [0.4, 0.5) is 5.82 Å². The van der Waals surface area contributed by atoms with Crippen LogP contribution in [0.5, 0.6) is 0 Å². The monoisotopic (exact) mass is 254 g/mol. The van der Waals surface area contributed by atoms with E-state index in [1.165, 1.54) is 25.0 Å². The first-order chi connectivity index (χ1) is 9.27. The zero-order chi connectivity index (χ0) is 13.0. The molecular weight excluding hydrogens is 236 g/mol. The van der Waals surface area contributed by atoms with Crippen LogP contribution in [0.25, 0.3) is 11.3 Å². The predicted molar refractivity (Wildman–Crippen MR) is 74.4 cm³/mol. The number of aromatic nitrogens is 3. The Bertz CT molecular complexity index is 607. The standard InChI is InChI=1S/C15H18N4/c1-19-15(16)13(11-7-2-3-8-17-11)14(18-19)12-9-5-4-6-10(9)12/h2-3,7-10,12H,4-6,16H2,1H3. The van der Waals surface area contributed by atoms with E-state index in [1.54, 1.807) is 4.68 Å². The smallest absolute Gasteiger partial charge is 0.131 e. The maximum atomic E-state index is 6.21. The van der Waals surface area contributed by atoms with Crippen LogP contribution in [-0.2, 0) is 7.05 Å². The second kappa shape index (κ2) is 3.83. The molecule has 2 aliphatic rings. The Hall–Kier alpha value is -1.84. The van der Waals surface area contributed by atoms with Gasteiger partial charge in [-0.05, 0) is 36.8 Å². The average Bonchev–Trinajstić information content (AvgIpc) is 2.78. The molecular formula is C15H18N4. The minimum Gasteiger partial charge on any atom is -0.383 e. The summed E-state index contributed by atoms with van der Waals surface area (Å²) in [4.78, 5) is 4.45. The van der Waals surface area contributed by atoms with Crippen LogP contribution in [0.2, 0.25) is 0 Å². The maximum absolute atomic E-state index is 6.21. The summed E-state index contributed by atoms with van der Waals surface area (Å²) in [7, 11) is 1.92. The van der Waals surface area contributed by atoms with Crippen molar-refractivity contribution >= 4 is 5.82 Å². The van der Waals surface area contributed by atoms with Crippen molar-refractivity contribution < 1.29 is 0 Å². The molecule has 2 heterocycles. The first kappa shape index (κ1) is 11.0. The molecule has 2 saturated carbocycles. The molecule has 2 aliphatic carbocycles. The van der Waals surface area contributed by atoms with E-state index in [9.17, 15) is 0 Å². The Labute approximate surface area is 112 Å². The van der Waals surface area contributed by atoms with Gasteiger partial charge >= 0.3 is 0 Å². The number of nitrogens with two attached hydrogens (primary N) is 1. The molecule has 2 atom stereocenters. The summed E-state index contributed by atoms with van der Waals surface area (Å²) in [5.41, 5.74) is 9.40. The topological polar surface area (TPSA) is 56.7 Å². The lowest BCUT2D eigenvalue weighted by Crippen LogP contribution is -1.98. The van der Waals surface area contributed by atoms with Gasteiger partial charge < -0.3 is 5.73 Å². The summed E-state index contributed by atoms with van der Waals surface area (Å²) < 4.78 is 1.80. The van der Waals surface area contributed by atoms with Gasteiger partial charge in [-0.1, -0.05) is 12.5 Å². The van der Waals surface area contributed by atoms with Gasteiger partial charge in [0.2, 0.25) is 0 Å². The molecule has 0 aromatic carbocycles. The Balaban J connectivity index is 1.82. The van der Waals surface area contributed by atoms with Crippen LogP contribution in [0.3, 0.4) is 0 Å². The number of nitrogen functional groups attached to an aromatic ring is 1. The van der Waals surface area contributed by atoms with Crippen molar-refractivity contribution in [2.45, 2.75) is 25.2 Å². The van der Waals surface area contributed by atoms with Crippen molar-refractivity contribution in [3.05, 3.63) is 30.1 Å². The number of anilines is 1. The van der Waals surface area contributed by atoms with Crippen LogP contribution in [0, 0.1) is 11.8 Å². The van der Waals surface area contributed by atoms with E-state index < -0.39 is 0 Å². The van der Waals surface area contributed by atoms with Gasteiger partial charge in [0.15, 0.2) is 0 Å². The van der Waals surface area contributed by atoms with Gasteiger partial charge in [-0.2, -0.15) is 5.10 Å². The molecule has 4 heteroatoms. The first-order valence-corrected chi connectivity index (χ1v) is 7.01. The molecule has 4 rings (SSSR count). The summed E-state index contributed by atoms with van der Waals surface area (Å²) in [6.07, 6.45) is 5.91. The number of fused-ring (bicyclic) bond motifs is 1. The Kier molecular flexibility index (Phi) is 2.22. The fourth-order valence-corrected chi connectivity index (χ4v) is 3.79. The Morgan fingerprint density at radius 1 is 1.26 bits per heavy atom. The summed E-state index contributed by atoms with van der Waals surface area (Å²) in [5, 5.41) is 4.68. The summed E-state index contributed by atoms with van der Waals surface area (Å²) in [6.45, 7) is 0. The molecule has 0 amide bonds. The summed E-state index contributed by atoms with van der Waals surface area (Å²) in [6, 6.07) is 5.96. The van der Waals surface area contributed by atoms with Gasteiger partial charge in [-0.25, -0.2) is 0 Å². The van der Waals surface area contributed by atoms with Crippen molar-refractivity contribution in [2.75, 3.05) is 5.73 Å². The van der Waals surface area contributed by atoms with Gasteiger partial charge in [0.25, 0.3) is 0 Å². The molecule has 0 bridgehead atoms. The molecule has 0 saturated heterocycles. The number of nitrogens with zero attached hydrogens (tertiary/aromatic N) is 3. The van der Waals surface area contributed by atoms with Crippen LogP contribution in [0.15, 0.2) is 24.4 Å². The summed E-state index contributed by atoms with van der Waals surface area (Å²) in [5.74, 6) is 3.04. The lowest BCUT2D eigenvalue weighted by molar-refractivity contribution is 0.655. The molecule has 0 aliphatic heterocycles. The normalized spacial score (nSPS) is 28.4. The highest BCUT2D eigenvalue weighted by molar-refractivity contribution is 5.75. The largest absolute Gasteiger partial charge is 0.383 e. The van der Waals surface area contributed by atoms with E-state index in [0.29, 0.717) is 5.92 Å². The van der Waals surface area contributed by atoms with E-state index in [4.69, 9.17) is 5.73 Å². The number of pyridine rings is 1. The molecule has 19 heavy (non-hydrogen) atoms. The highest BCUT2D eigenvalue weighted by atomic mass is 15.3. The molecule has 2 N–H and O–H groups in total. The molecule has 0 spiro atoms. The van der Waals surface area contributed by atoms with Gasteiger partial charge in [0.05, 0.1) is 17.0 Å². The minimum absolute atomic E-state index is 0.620. The van der Waals surface area contributed by atoms with Crippen LogP contribution >= 0.6 is 0 Å². The lowest BCUT2D eigenvalue weighted by atomic mass is 10.0. The quantitative estimate of drug-likeness (QED) is 0.896. The third-order valence-electron chi connectivity index (χ3n) is 4.76. The molecule has 2 aromatic heterocycles. The predicted octanol–water partition coefficient (Wildman–Crippen LogP) is 2.58. The number of rotatable bonds is 2. The van der Waals surface area contributed by atoms with Crippen molar-refractivity contribution in [1.29, 1.82) is 0 Å². The van der Waals surface area contributed by atoms with Gasteiger partial charge in [-0.3, -0.25) is 9.67 Å². The van der Waals surface area contributed by atoms with Crippen molar-refractivity contribution in [2.24, 2.45) is 18.9 Å². The van der Waals surface area contributed by atoms with Crippen LogP contribution in [-0.4, -0.2) is 14.8 Å². The second-order valence-corrected chi connectivity index (χ2v) is 5.77. The highest BCUT2D eigenvalue weighted by Crippen LogP contribution is 2.64. The summed E-state index contributed by atoms with van der Waals surface area (Å²) >= 11 is 0. The lowest BCUT2D eigenvalue weighted by Gasteiger charge is -2.04. The zero-order valence-corrected chi connectivity index (χ0v) is 11.1. The molecule has 0 radical (unpaired) electrons. The van der Waals surface area contributed by atoms with Gasteiger partial charge in [0, 0.05) is 19.2 Å². The second-order valence-electron chi connectivity index (χ2n) is 5.77. The zero-order valence-electron chi connectivity index (χ0n) is 11.1. The first-order valence-electron chi connectivity index (χ1n) is 7.01. The number of aryl methyl sites for hydroxylation is 1. The van der Waals surface area contributed by atoms with Crippen LogP contribution in [0.1, 0.15) is 30.9 Å². The number of hydrogen-bond acceptors (Lipinski definition) is 3. The molecule has 98 valence electrons. The average molecular weight is 254 g/mol. The fraction of sp³-hybridized carbons (Fsp3) is 0.467. The third kappa shape index (κ3) is 1.52. The van der Waals surface area contributed by atoms with E-state index in [0.717, 1.165) is 28.9 Å². The van der Waals surface area contributed by atoms with E-state index in [1.807, 2.05) is 31.4 Å². The Morgan fingerprint density at radius 3 is 2.74 bits per heavy atom. The van der Waals surface area contributed by atoms with Gasteiger partial charge in [-0.15, -0.1) is 0 Å².